The molecule has 0 saturated carbocycles. The van der Waals surface area contributed by atoms with Crippen LogP contribution in [0.15, 0.2) is 48.7 Å². The minimum atomic E-state index is -3.47. The maximum atomic E-state index is 14.7. The number of H-pyrrole nitrogens is 1. The van der Waals surface area contributed by atoms with Crippen molar-refractivity contribution in [2.24, 2.45) is 0 Å². The van der Waals surface area contributed by atoms with E-state index in [0.717, 1.165) is 22.8 Å². The molecule has 0 aliphatic carbocycles. The van der Waals surface area contributed by atoms with Crippen molar-refractivity contribution in [2.45, 2.75) is 25.4 Å². The number of aromatic nitrogens is 2. The van der Waals surface area contributed by atoms with E-state index in [4.69, 9.17) is 14.2 Å². The lowest BCUT2D eigenvalue weighted by molar-refractivity contribution is 0.0176. The summed E-state index contributed by atoms with van der Waals surface area (Å²) in [5.74, 6) is -4.78. The van der Waals surface area contributed by atoms with E-state index in [1.165, 1.54) is 7.11 Å². The summed E-state index contributed by atoms with van der Waals surface area (Å²) in [6, 6.07) is 9.83. The number of fused-ring (bicyclic) bond motifs is 3. The number of benzene rings is 3. The lowest BCUT2D eigenvalue weighted by Gasteiger charge is -2.38. The van der Waals surface area contributed by atoms with Crippen molar-refractivity contribution in [1.82, 2.24) is 15.1 Å². The molecule has 1 fully saturated rings. The number of alkyl halides is 3. The molecule has 0 unspecified atom stereocenters. The second kappa shape index (κ2) is 11.1. The Morgan fingerprint density at radius 2 is 1.83 bits per heavy atom. The summed E-state index contributed by atoms with van der Waals surface area (Å²) < 4.78 is 89.2. The SMILES string of the molecule is COc1cc(OC2CN(CCCF)C2)ccc1Oc1c(-c2cc(F)c(F)cc2C(C)(F)F)sc2c1ccc1[nH]ncc12. The lowest BCUT2D eigenvalue weighted by Crippen LogP contribution is -2.53. The first kappa shape index (κ1) is 28.2. The maximum Gasteiger partial charge on any atom is 0.271 e. The number of nitrogens with zero attached hydrogens (tertiary/aromatic N) is 2. The Bertz CT molecular complexity index is 1760. The van der Waals surface area contributed by atoms with Crippen LogP contribution in [-0.2, 0) is 5.92 Å². The van der Waals surface area contributed by atoms with Gasteiger partial charge in [-0.1, -0.05) is 0 Å². The number of likely N-dealkylation sites (tertiary alicyclic amines) is 1. The summed E-state index contributed by atoms with van der Waals surface area (Å²) in [5, 5.41) is 8.25. The molecule has 1 aliphatic heterocycles. The fraction of sp³-hybridized carbons (Fsp3) is 0.300. The van der Waals surface area contributed by atoms with Crippen LogP contribution in [0.2, 0.25) is 0 Å². The third-order valence-corrected chi connectivity index (χ3v) is 8.44. The van der Waals surface area contributed by atoms with Crippen molar-refractivity contribution >= 4 is 32.3 Å². The van der Waals surface area contributed by atoms with Gasteiger partial charge in [-0.2, -0.15) is 5.10 Å². The minimum Gasteiger partial charge on any atom is -0.493 e. The molecular formula is C30H26F5N3O3S. The molecule has 1 saturated heterocycles. The quantitative estimate of drug-likeness (QED) is 0.164. The standard InChI is InChI=1S/C30H26F5N3O3S/c1-30(34,35)21-12-23(33)22(32)11-19(21)29-27(18-5-6-24-20(13-36-37-24)28(18)42-29)41-25-7-4-16(10-26(25)39-2)40-17-14-38(15-17)9-3-8-31/h4-7,10-13,17H,3,8-9,14-15H2,1-2H3,(H,36,37). The third-order valence-electron chi connectivity index (χ3n) is 7.19. The molecule has 1 aliphatic rings. The molecule has 1 N–H and O–H groups in total. The molecule has 0 radical (unpaired) electrons. The van der Waals surface area contributed by atoms with Gasteiger partial charge in [0.15, 0.2) is 28.9 Å². The Morgan fingerprint density at radius 1 is 1.05 bits per heavy atom. The molecule has 3 aromatic carbocycles. The molecule has 0 atom stereocenters. The number of ether oxygens (including phenoxy) is 3. The Morgan fingerprint density at radius 3 is 2.57 bits per heavy atom. The van der Waals surface area contributed by atoms with Crippen molar-refractivity contribution < 1.29 is 36.2 Å². The van der Waals surface area contributed by atoms with Gasteiger partial charge >= 0.3 is 0 Å². The fourth-order valence-electron chi connectivity index (χ4n) is 5.10. The van der Waals surface area contributed by atoms with E-state index in [1.54, 1.807) is 36.5 Å². The van der Waals surface area contributed by atoms with Crippen LogP contribution in [-0.4, -0.2) is 54.6 Å². The summed E-state index contributed by atoms with van der Waals surface area (Å²) in [7, 11) is 1.46. The lowest BCUT2D eigenvalue weighted by atomic mass is 9.99. The van der Waals surface area contributed by atoms with Crippen LogP contribution in [0.3, 0.4) is 0 Å². The Balaban J connectivity index is 1.41. The molecule has 12 heteroatoms. The molecule has 3 heterocycles. The molecule has 2 aromatic heterocycles. The fourth-order valence-corrected chi connectivity index (χ4v) is 6.37. The average molecular weight is 604 g/mol. The van der Waals surface area contributed by atoms with E-state index >= 15 is 0 Å². The normalized spacial score (nSPS) is 14.5. The highest BCUT2D eigenvalue weighted by molar-refractivity contribution is 7.23. The van der Waals surface area contributed by atoms with Crippen LogP contribution in [0, 0.1) is 11.6 Å². The van der Waals surface area contributed by atoms with Crippen LogP contribution in [0.5, 0.6) is 23.0 Å². The molecule has 6 nitrogen and oxygen atoms in total. The number of aromatic amines is 1. The highest BCUT2D eigenvalue weighted by Crippen LogP contribution is 2.52. The second-order valence-corrected chi connectivity index (χ2v) is 11.2. The molecule has 6 rings (SSSR count). The van der Waals surface area contributed by atoms with E-state index in [1.807, 2.05) is 0 Å². The highest BCUT2D eigenvalue weighted by Gasteiger charge is 2.33. The minimum absolute atomic E-state index is 0.0478. The first-order valence-corrected chi connectivity index (χ1v) is 14.0. The van der Waals surface area contributed by atoms with E-state index < -0.39 is 23.1 Å². The molecule has 42 heavy (non-hydrogen) atoms. The Hall–Kier alpha value is -3.90. The summed E-state index contributed by atoms with van der Waals surface area (Å²) in [4.78, 5) is 2.30. The Labute approximate surface area is 241 Å². The molecule has 5 aromatic rings. The first-order valence-electron chi connectivity index (χ1n) is 13.2. The van der Waals surface area contributed by atoms with Gasteiger partial charge in [-0.15, -0.1) is 11.3 Å². The van der Waals surface area contributed by atoms with Crippen molar-refractivity contribution in [1.29, 1.82) is 0 Å². The number of nitrogens with one attached hydrogen (secondary N) is 1. The van der Waals surface area contributed by atoms with Gasteiger partial charge in [-0.05, 0) is 42.8 Å². The number of thiophene rings is 1. The van der Waals surface area contributed by atoms with Gasteiger partial charge in [0.05, 0.1) is 30.4 Å². The number of methoxy groups -OCH3 is 1. The largest absolute Gasteiger partial charge is 0.493 e. The van der Waals surface area contributed by atoms with Gasteiger partial charge in [0, 0.05) is 59.2 Å². The van der Waals surface area contributed by atoms with Gasteiger partial charge in [0.1, 0.15) is 11.9 Å². The van der Waals surface area contributed by atoms with E-state index in [-0.39, 0.29) is 34.7 Å². The van der Waals surface area contributed by atoms with Crippen molar-refractivity contribution in [3.05, 3.63) is 65.9 Å². The van der Waals surface area contributed by atoms with Crippen LogP contribution in [0.25, 0.3) is 31.4 Å². The first-order chi connectivity index (χ1) is 20.2. The predicted octanol–water partition coefficient (Wildman–Crippen LogP) is 8.06. The predicted molar refractivity (Wildman–Crippen MR) is 151 cm³/mol. The van der Waals surface area contributed by atoms with Crippen molar-refractivity contribution in [3.8, 4) is 33.4 Å². The van der Waals surface area contributed by atoms with Gasteiger partial charge in [0.25, 0.3) is 5.92 Å². The summed E-state index contributed by atoms with van der Waals surface area (Å²) in [5.41, 5.74) is -0.139. The average Bonchev–Trinajstić information content (AvgIpc) is 3.56. The molecule has 0 amide bonds. The van der Waals surface area contributed by atoms with Gasteiger partial charge in [0.2, 0.25) is 0 Å². The number of halogens is 5. The number of rotatable bonds is 10. The monoisotopic (exact) mass is 603 g/mol. The maximum absolute atomic E-state index is 14.7. The van der Waals surface area contributed by atoms with Crippen LogP contribution < -0.4 is 14.2 Å². The van der Waals surface area contributed by atoms with Crippen LogP contribution in [0.4, 0.5) is 22.0 Å². The van der Waals surface area contributed by atoms with Gasteiger partial charge < -0.3 is 14.2 Å². The zero-order valence-electron chi connectivity index (χ0n) is 22.6. The van der Waals surface area contributed by atoms with Gasteiger partial charge in [-0.3, -0.25) is 14.4 Å². The molecular weight excluding hydrogens is 577 g/mol. The molecule has 220 valence electrons. The van der Waals surface area contributed by atoms with E-state index in [2.05, 4.69) is 15.1 Å². The second-order valence-electron chi connectivity index (χ2n) is 10.2. The smallest absolute Gasteiger partial charge is 0.271 e. The molecule has 0 spiro atoms. The topological polar surface area (TPSA) is 59.6 Å². The highest BCUT2D eigenvalue weighted by atomic mass is 32.1. The van der Waals surface area contributed by atoms with Gasteiger partial charge in [-0.25, -0.2) is 17.6 Å². The third kappa shape index (κ3) is 5.24. The van der Waals surface area contributed by atoms with Crippen LogP contribution in [0.1, 0.15) is 18.9 Å². The summed E-state index contributed by atoms with van der Waals surface area (Å²) in [6.45, 7) is 2.33. The zero-order valence-corrected chi connectivity index (χ0v) is 23.5. The summed E-state index contributed by atoms with van der Waals surface area (Å²) in [6.07, 6.45) is 2.04. The van der Waals surface area contributed by atoms with Crippen LogP contribution >= 0.6 is 11.3 Å². The molecule has 0 bridgehead atoms. The van der Waals surface area contributed by atoms with Crippen molar-refractivity contribution in [2.75, 3.05) is 33.4 Å². The zero-order chi connectivity index (χ0) is 29.6. The van der Waals surface area contributed by atoms with E-state index in [0.29, 0.717) is 66.1 Å². The van der Waals surface area contributed by atoms with Crippen molar-refractivity contribution in [3.63, 3.8) is 0 Å². The summed E-state index contributed by atoms with van der Waals surface area (Å²) >= 11 is 1.12. The number of hydrogen-bond acceptors (Lipinski definition) is 6. The van der Waals surface area contributed by atoms with E-state index in [9.17, 15) is 22.0 Å². The number of hydrogen-bond donors (Lipinski definition) is 1. The Kier molecular flexibility index (Phi) is 7.44.